The van der Waals surface area contributed by atoms with E-state index in [1.807, 2.05) is 30.3 Å². The van der Waals surface area contributed by atoms with Crippen LogP contribution < -0.4 is 22.3 Å². The van der Waals surface area contributed by atoms with E-state index in [4.69, 9.17) is 11.7 Å². The molecule has 0 spiro atoms. The fourth-order valence-electron chi connectivity index (χ4n) is 4.23. The lowest BCUT2D eigenvalue weighted by Crippen LogP contribution is -2.35. The van der Waals surface area contributed by atoms with Crippen LogP contribution in [0.2, 0.25) is 0 Å². The van der Waals surface area contributed by atoms with Crippen LogP contribution in [0.15, 0.2) is 71.8 Å². The van der Waals surface area contributed by atoms with Crippen LogP contribution in [-0.2, 0) is 26.1 Å². The van der Waals surface area contributed by atoms with Crippen molar-refractivity contribution in [3.8, 4) is 0 Å². The first-order valence-electron chi connectivity index (χ1n) is 12.2. The largest absolute Gasteiger partial charge is 0.348 e. The molecule has 0 unspecified atom stereocenters. The molecule has 1 aliphatic heterocycles. The number of carbonyl (C=O) groups is 2. The number of likely N-dealkylation sites (N-methyl/N-ethyl adjacent to an activating group) is 1. The Hall–Kier alpha value is -4.21. The molecule has 4 rings (SSSR count). The number of amidine groups is 1. The Morgan fingerprint density at radius 1 is 0.973 bits per heavy atom. The summed E-state index contributed by atoms with van der Waals surface area (Å²) in [5.41, 5.74) is 6.19. The number of hydrazine groups is 1. The number of benzene rings is 3. The molecule has 0 aromatic heterocycles. The first kappa shape index (κ1) is 25.9. The van der Waals surface area contributed by atoms with Gasteiger partial charge in [0.15, 0.2) is 0 Å². The molecule has 0 bridgehead atoms. The van der Waals surface area contributed by atoms with Gasteiger partial charge in [-0.05, 0) is 79.0 Å². The lowest BCUT2D eigenvalue weighted by atomic mass is 9.99. The van der Waals surface area contributed by atoms with E-state index in [1.54, 1.807) is 31.2 Å². The number of fused-ring (bicyclic) bond motifs is 1. The molecule has 6 N–H and O–H groups in total. The molecular formula is C28H33N7O2. The quantitative estimate of drug-likeness (QED) is 0.171. The zero-order chi connectivity index (χ0) is 26.4. The molecule has 9 heteroatoms. The van der Waals surface area contributed by atoms with Crippen LogP contribution in [-0.4, -0.2) is 41.2 Å². The van der Waals surface area contributed by atoms with E-state index in [0.29, 0.717) is 30.1 Å². The third-order valence-corrected chi connectivity index (χ3v) is 6.48. The molecule has 0 saturated carbocycles. The Bertz CT molecular complexity index is 1300. The van der Waals surface area contributed by atoms with Crippen LogP contribution >= 0.6 is 0 Å². The molecule has 3 aromatic rings. The number of nitrogens with two attached hydrogens (primary N) is 2. The number of rotatable bonds is 7. The number of hydrogen-bond acceptors (Lipinski definition) is 6. The first-order valence-corrected chi connectivity index (χ1v) is 12.2. The number of carbonyl (C=O) groups excluding carboxylic acids is 2. The van der Waals surface area contributed by atoms with Crippen LogP contribution in [0.4, 0.5) is 5.69 Å². The molecule has 0 fully saturated rings. The van der Waals surface area contributed by atoms with Crippen molar-refractivity contribution in [3.63, 3.8) is 0 Å². The van der Waals surface area contributed by atoms with E-state index in [-0.39, 0.29) is 11.8 Å². The fourth-order valence-corrected chi connectivity index (χ4v) is 4.23. The highest BCUT2D eigenvalue weighted by Crippen LogP contribution is 2.22. The van der Waals surface area contributed by atoms with Crippen LogP contribution in [0.5, 0.6) is 0 Å². The van der Waals surface area contributed by atoms with Crippen molar-refractivity contribution in [2.75, 3.05) is 18.9 Å². The molecule has 1 aliphatic rings. The standard InChI is InChI=1S/C28H33N7O2/c1-19(33-29)35(30)17-20-6-8-23(9-7-20)27(36)31-16-21-4-3-5-24(14-21)28(37)32-26-11-10-22-12-13-34(2)18-25(22)15-26/h3-11,14-15H,12-13,16-18,29-30H2,1-2H3,(H,31,36)(H,32,37)/b33-19-. The zero-order valence-electron chi connectivity index (χ0n) is 21.2. The van der Waals surface area contributed by atoms with Crippen molar-refractivity contribution in [2.45, 2.75) is 33.0 Å². The van der Waals surface area contributed by atoms with Gasteiger partial charge in [0, 0.05) is 36.4 Å². The van der Waals surface area contributed by atoms with E-state index in [1.165, 1.54) is 16.1 Å². The Kier molecular flexibility index (Phi) is 8.17. The molecule has 0 saturated heterocycles. The van der Waals surface area contributed by atoms with Gasteiger partial charge < -0.3 is 21.4 Å². The summed E-state index contributed by atoms with van der Waals surface area (Å²) < 4.78 is 0. The average molecular weight is 500 g/mol. The van der Waals surface area contributed by atoms with Gasteiger partial charge in [0.05, 0.1) is 6.54 Å². The summed E-state index contributed by atoms with van der Waals surface area (Å²) in [5.74, 6) is 11.3. The van der Waals surface area contributed by atoms with Gasteiger partial charge >= 0.3 is 0 Å². The van der Waals surface area contributed by atoms with Crippen LogP contribution in [0.1, 0.15) is 49.9 Å². The van der Waals surface area contributed by atoms with Gasteiger partial charge in [-0.15, -0.1) is 0 Å². The van der Waals surface area contributed by atoms with Crippen LogP contribution in [0, 0.1) is 0 Å². The fraction of sp³-hybridized carbons (Fsp3) is 0.250. The summed E-state index contributed by atoms with van der Waals surface area (Å²) in [6.07, 6.45) is 1.02. The Morgan fingerprint density at radius 2 is 1.76 bits per heavy atom. The minimum absolute atomic E-state index is 0.184. The monoisotopic (exact) mass is 499 g/mol. The SMILES string of the molecule is C/C(=N/N)N(N)Cc1ccc(C(=O)NCc2cccc(C(=O)Nc3ccc4c(c3)CN(C)CC4)c2)cc1. The van der Waals surface area contributed by atoms with Gasteiger partial charge in [0.25, 0.3) is 11.8 Å². The van der Waals surface area contributed by atoms with Gasteiger partial charge in [0.1, 0.15) is 5.84 Å². The highest BCUT2D eigenvalue weighted by Gasteiger charge is 2.15. The van der Waals surface area contributed by atoms with Crippen molar-refractivity contribution in [1.29, 1.82) is 0 Å². The van der Waals surface area contributed by atoms with Crippen molar-refractivity contribution < 1.29 is 9.59 Å². The predicted molar refractivity (Wildman–Crippen MR) is 146 cm³/mol. The van der Waals surface area contributed by atoms with E-state index >= 15 is 0 Å². The molecule has 37 heavy (non-hydrogen) atoms. The molecule has 0 aliphatic carbocycles. The van der Waals surface area contributed by atoms with Crippen molar-refractivity contribution in [1.82, 2.24) is 15.2 Å². The molecular weight excluding hydrogens is 466 g/mol. The van der Waals surface area contributed by atoms with Crippen LogP contribution in [0.3, 0.4) is 0 Å². The van der Waals surface area contributed by atoms with E-state index < -0.39 is 0 Å². The average Bonchev–Trinajstić information content (AvgIpc) is 2.91. The molecule has 2 amide bonds. The van der Waals surface area contributed by atoms with Gasteiger partial charge in [-0.25, -0.2) is 5.84 Å². The highest BCUT2D eigenvalue weighted by atomic mass is 16.2. The second kappa shape index (κ2) is 11.7. The molecule has 1 heterocycles. The van der Waals surface area contributed by atoms with Gasteiger partial charge in [-0.2, -0.15) is 5.10 Å². The van der Waals surface area contributed by atoms with Crippen LogP contribution in [0.25, 0.3) is 0 Å². The number of hydrazone groups is 1. The lowest BCUT2D eigenvalue weighted by molar-refractivity contribution is 0.0950. The van der Waals surface area contributed by atoms with E-state index in [0.717, 1.165) is 36.3 Å². The summed E-state index contributed by atoms with van der Waals surface area (Å²) in [7, 11) is 2.10. The smallest absolute Gasteiger partial charge is 0.255 e. The Morgan fingerprint density at radius 3 is 2.51 bits per heavy atom. The minimum atomic E-state index is -0.204. The number of nitrogens with zero attached hydrogens (tertiary/aromatic N) is 3. The Labute approximate surface area is 217 Å². The Balaban J connectivity index is 1.33. The zero-order valence-corrected chi connectivity index (χ0v) is 21.2. The number of nitrogens with one attached hydrogen (secondary N) is 2. The molecule has 3 aromatic carbocycles. The molecule has 0 atom stereocenters. The molecule has 192 valence electrons. The maximum atomic E-state index is 12.9. The normalized spacial score (nSPS) is 13.5. The van der Waals surface area contributed by atoms with Gasteiger partial charge in [-0.3, -0.25) is 14.6 Å². The maximum Gasteiger partial charge on any atom is 0.255 e. The van der Waals surface area contributed by atoms with Gasteiger partial charge in [0.2, 0.25) is 0 Å². The maximum absolute atomic E-state index is 12.9. The second-order valence-corrected chi connectivity index (χ2v) is 9.31. The van der Waals surface area contributed by atoms with Crippen molar-refractivity contribution >= 4 is 23.3 Å². The van der Waals surface area contributed by atoms with E-state index in [9.17, 15) is 9.59 Å². The number of amides is 2. The van der Waals surface area contributed by atoms with Crippen molar-refractivity contribution in [2.24, 2.45) is 16.8 Å². The minimum Gasteiger partial charge on any atom is -0.348 e. The number of anilines is 1. The van der Waals surface area contributed by atoms with Crippen molar-refractivity contribution in [3.05, 3.63) is 100 Å². The predicted octanol–water partition coefficient (Wildman–Crippen LogP) is 2.82. The van der Waals surface area contributed by atoms with Gasteiger partial charge in [-0.1, -0.05) is 30.3 Å². The second-order valence-electron chi connectivity index (χ2n) is 9.31. The summed E-state index contributed by atoms with van der Waals surface area (Å²) in [5, 5.41) is 10.9. The molecule has 0 radical (unpaired) electrons. The third kappa shape index (κ3) is 6.72. The number of hydrogen-bond donors (Lipinski definition) is 4. The highest BCUT2D eigenvalue weighted by molar-refractivity contribution is 6.04. The lowest BCUT2D eigenvalue weighted by Gasteiger charge is -2.25. The molecule has 9 nitrogen and oxygen atoms in total. The van der Waals surface area contributed by atoms with E-state index in [2.05, 4.69) is 39.8 Å². The summed E-state index contributed by atoms with van der Waals surface area (Å²) in [4.78, 5) is 27.8. The summed E-state index contributed by atoms with van der Waals surface area (Å²) >= 11 is 0. The summed E-state index contributed by atoms with van der Waals surface area (Å²) in [6.45, 7) is 4.37. The summed E-state index contributed by atoms with van der Waals surface area (Å²) in [6, 6.07) is 20.5. The first-order chi connectivity index (χ1) is 17.8. The third-order valence-electron chi connectivity index (χ3n) is 6.48. The topological polar surface area (TPSA) is 129 Å².